The van der Waals surface area contributed by atoms with Gasteiger partial charge in [0.25, 0.3) is 0 Å². The van der Waals surface area contributed by atoms with Gasteiger partial charge in [-0.2, -0.15) is 0 Å². The van der Waals surface area contributed by atoms with Crippen LogP contribution in [0.2, 0.25) is 0 Å². The van der Waals surface area contributed by atoms with Crippen LogP contribution in [0.15, 0.2) is 55.9 Å². The number of rotatable bonds is 5. The molecular formula is C23H25N5. The van der Waals surface area contributed by atoms with E-state index < -0.39 is 0 Å². The molecule has 1 aliphatic heterocycles. The van der Waals surface area contributed by atoms with Gasteiger partial charge in [0.05, 0.1) is 23.3 Å². The predicted molar refractivity (Wildman–Crippen MR) is 116 cm³/mol. The number of nitrogens with one attached hydrogen (secondary N) is 2. The third kappa shape index (κ3) is 3.31. The number of imidazole rings is 1. The molecule has 1 aliphatic rings. The zero-order valence-electron chi connectivity index (χ0n) is 16.5. The number of hydrogen-bond donors (Lipinski definition) is 2. The molecule has 5 heteroatoms. The normalized spacial score (nSPS) is 13.1. The molecule has 28 heavy (non-hydrogen) atoms. The van der Waals surface area contributed by atoms with Crippen LogP contribution in [0, 0.1) is 6.92 Å². The largest absolute Gasteiger partial charge is 0.380 e. The Bertz CT molecular complexity index is 1120. The summed E-state index contributed by atoms with van der Waals surface area (Å²) in [6.07, 6.45) is 3.86. The number of aryl methyl sites for hydroxylation is 2. The maximum atomic E-state index is 4.66. The van der Waals surface area contributed by atoms with Crippen molar-refractivity contribution in [3.8, 4) is 0 Å². The van der Waals surface area contributed by atoms with Crippen LogP contribution >= 0.6 is 0 Å². The Kier molecular flexibility index (Phi) is 4.51. The maximum absolute atomic E-state index is 4.66. The molecule has 4 rings (SSSR count). The lowest BCUT2D eigenvalue weighted by Gasteiger charge is -2.21. The first-order valence-electron chi connectivity index (χ1n) is 9.43. The summed E-state index contributed by atoms with van der Waals surface area (Å²) >= 11 is 0. The Morgan fingerprint density at radius 2 is 2.07 bits per heavy atom. The topological polar surface area (TPSA) is 54.2 Å². The quantitative estimate of drug-likeness (QED) is 0.682. The van der Waals surface area contributed by atoms with Gasteiger partial charge in [0.2, 0.25) is 5.78 Å². The van der Waals surface area contributed by atoms with Crippen LogP contribution in [0.1, 0.15) is 41.6 Å². The maximum Gasteiger partial charge on any atom is 0.235 e. The van der Waals surface area contributed by atoms with Gasteiger partial charge in [0, 0.05) is 23.6 Å². The highest BCUT2D eigenvalue weighted by atomic mass is 15.1. The van der Waals surface area contributed by atoms with Gasteiger partial charge in [-0.15, -0.1) is 0 Å². The van der Waals surface area contributed by atoms with Gasteiger partial charge < -0.3 is 10.6 Å². The Morgan fingerprint density at radius 3 is 2.86 bits per heavy atom. The van der Waals surface area contributed by atoms with E-state index in [1.54, 1.807) is 0 Å². The van der Waals surface area contributed by atoms with E-state index >= 15 is 0 Å². The predicted octanol–water partition coefficient (Wildman–Crippen LogP) is 4.70. The van der Waals surface area contributed by atoms with Crippen molar-refractivity contribution in [3.63, 3.8) is 0 Å². The molecule has 1 aromatic carbocycles. The molecule has 2 aromatic heterocycles. The van der Waals surface area contributed by atoms with Gasteiger partial charge in [0.1, 0.15) is 0 Å². The Balaban J connectivity index is 1.55. The van der Waals surface area contributed by atoms with Gasteiger partial charge in [-0.1, -0.05) is 31.9 Å². The van der Waals surface area contributed by atoms with Crippen molar-refractivity contribution < 1.29 is 0 Å². The first kappa shape index (κ1) is 18.0. The van der Waals surface area contributed by atoms with Crippen LogP contribution in [0.25, 0.3) is 17.0 Å². The molecule has 2 N–H and O–H groups in total. The molecule has 0 amide bonds. The number of allylic oxidation sites excluding steroid dienone is 2. The van der Waals surface area contributed by atoms with E-state index in [1.165, 1.54) is 11.1 Å². The van der Waals surface area contributed by atoms with E-state index in [9.17, 15) is 0 Å². The molecule has 0 atom stereocenters. The minimum Gasteiger partial charge on any atom is -0.380 e. The number of hydrogen-bond acceptors (Lipinski definition) is 4. The molecule has 0 bridgehead atoms. The van der Waals surface area contributed by atoms with Gasteiger partial charge >= 0.3 is 0 Å². The minimum atomic E-state index is 0.660. The van der Waals surface area contributed by atoms with Gasteiger partial charge in [0.15, 0.2) is 0 Å². The Morgan fingerprint density at radius 1 is 1.25 bits per heavy atom. The third-order valence-corrected chi connectivity index (χ3v) is 5.09. The first-order chi connectivity index (χ1) is 13.4. The van der Waals surface area contributed by atoms with Crippen LogP contribution in [0.3, 0.4) is 0 Å². The minimum absolute atomic E-state index is 0.660. The number of nitrogens with zero attached hydrogens (tertiary/aromatic N) is 3. The van der Waals surface area contributed by atoms with E-state index in [0.29, 0.717) is 12.3 Å². The summed E-state index contributed by atoms with van der Waals surface area (Å²) in [5, 5.41) is 6.78. The van der Waals surface area contributed by atoms with Crippen molar-refractivity contribution in [3.05, 3.63) is 84.1 Å². The average molecular weight is 371 g/mol. The molecule has 3 heterocycles. The highest BCUT2D eigenvalue weighted by molar-refractivity contribution is 5.68. The number of fused-ring (bicyclic) bond motifs is 2. The zero-order valence-corrected chi connectivity index (χ0v) is 16.5. The van der Waals surface area contributed by atoms with Gasteiger partial charge in [-0.3, -0.25) is 4.40 Å². The lowest BCUT2D eigenvalue weighted by Crippen LogP contribution is -2.14. The van der Waals surface area contributed by atoms with Crippen molar-refractivity contribution >= 4 is 22.7 Å². The fraction of sp³-hybridized carbons (Fsp3) is 0.217. The SMILES string of the molecule is C=C1CCc2ccc(CNC(=C)c3cc(C(=C)C)n4c(C)cnc4n3)cc2N1. The standard InChI is InChI=1S/C23H25N5/c1-14(2)22-11-20(27-23-25-12-16(4)28(22)23)17(5)24-13-18-7-9-19-8-6-15(3)26-21(19)10-18/h7,9-12,24,26H,1,3,5-6,8,13H2,2,4H3. The van der Waals surface area contributed by atoms with Crippen LogP contribution in [0.5, 0.6) is 0 Å². The molecular weight excluding hydrogens is 346 g/mol. The van der Waals surface area contributed by atoms with E-state index in [-0.39, 0.29) is 0 Å². The van der Waals surface area contributed by atoms with Gasteiger partial charge in [-0.25, -0.2) is 9.97 Å². The summed E-state index contributed by atoms with van der Waals surface area (Å²) in [4.78, 5) is 9.06. The van der Waals surface area contributed by atoms with E-state index in [0.717, 1.165) is 52.6 Å². The molecule has 3 aromatic rings. The molecule has 0 unspecified atom stereocenters. The fourth-order valence-corrected chi connectivity index (χ4v) is 3.51. The molecule has 0 radical (unpaired) electrons. The number of anilines is 1. The first-order valence-corrected chi connectivity index (χ1v) is 9.43. The molecule has 142 valence electrons. The summed E-state index contributed by atoms with van der Waals surface area (Å²) in [5.74, 6) is 0.660. The summed E-state index contributed by atoms with van der Waals surface area (Å²) in [7, 11) is 0. The summed E-state index contributed by atoms with van der Waals surface area (Å²) in [6.45, 7) is 17.0. The molecule has 5 nitrogen and oxygen atoms in total. The number of benzene rings is 1. The average Bonchev–Trinajstić information content (AvgIpc) is 3.05. The second-order valence-corrected chi connectivity index (χ2v) is 7.39. The third-order valence-electron chi connectivity index (χ3n) is 5.09. The van der Waals surface area contributed by atoms with Crippen molar-refractivity contribution in [2.75, 3.05) is 5.32 Å². The summed E-state index contributed by atoms with van der Waals surface area (Å²) < 4.78 is 2.02. The lowest BCUT2D eigenvalue weighted by molar-refractivity contribution is 0.872. The van der Waals surface area contributed by atoms with Crippen molar-refractivity contribution in [2.24, 2.45) is 0 Å². The fourth-order valence-electron chi connectivity index (χ4n) is 3.51. The molecule has 0 saturated heterocycles. The second kappa shape index (κ2) is 7.00. The summed E-state index contributed by atoms with van der Waals surface area (Å²) in [5.41, 5.74) is 9.27. The van der Waals surface area contributed by atoms with Crippen molar-refractivity contribution in [1.82, 2.24) is 19.7 Å². The zero-order chi connectivity index (χ0) is 19.8. The van der Waals surface area contributed by atoms with E-state index in [4.69, 9.17) is 0 Å². The van der Waals surface area contributed by atoms with E-state index in [1.807, 2.05) is 30.5 Å². The molecule has 0 spiro atoms. The van der Waals surface area contributed by atoms with Crippen LogP contribution < -0.4 is 10.6 Å². The second-order valence-electron chi connectivity index (χ2n) is 7.39. The smallest absolute Gasteiger partial charge is 0.235 e. The van der Waals surface area contributed by atoms with Gasteiger partial charge in [-0.05, 0) is 55.5 Å². The molecule has 0 fully saturated rings. The number of aromatic nitrogens is 3. The van der Waals surface area contributed by atoms with Crippen LogP contribution in [-0.2, 0) is 13.0 Å². The van der Waals surface area contributed by atoms with Crippen LogP contribution in [-0.4, -0.2) is 14.4 Å². The monoisotopic (exact) mass is 371 g/mol. The van der Waals surface area contributed by atoms with E-state index in [2.05, 4.69) is 58.5 Å². The Labute approximate surface area is 165 Å². The van der Waals surface area contributed by atoms with Crippen LogP contribution in [0.4, 0.5) is 5.69 Å². The highest BCUT2D eigenvalue weighted by Crippen LogP contribution is 2.27. The van der Waals surface area contributed by atoms with Crippen molar-refractivity contribution in [2.45, 2.75) is 33.2 Å². The Hall–Kier alpha value is -3.34. The highest BCUT2D eigenvalue weighted by Gasteiger charge is 2.13. The van der Waals surface area contributed by atoms with Crippen molar-refractivity contribution in [1.29, 1.82) is 0 Å². The molecule has 0 aliphatic carbocycles. The lowest BCUT2D eigenvalue weighted by atomic mass is 10.00. The molecule has 0 saturated carbocycles. The summed E-state index contributed by atoms with van der Waals surface area (Å²) in [6, 6.07) is 8.53.